The van der Waals surface area contributed by atoms with E-state index in [1.165, 1.54) is 37.5 Å². The van der Waals surface area contributed by atoms with Gasteiger partial charge in [0.15, 0.2) is 5.82 Å². The summed E-state index contributed by atoms with van der Waals surface area (Å²) < 4.78 is 29.0. The molecule has 0 amide bonds. The van der Waals surface area contributed by atoms with Gasteiger partial charge in [-0.15, -0.1) is 0 Å². The molecule has 0 atom stereocenters. The molecule has 2 N–H and O–H groups in total. The quantitative estimate of drug-likeness (QED) is 0.830. The minimum absolute atomic E-state index is 0.319. The number of alkyl halides is 2. The molecule has 2 heterocycles. The van der Waals surface area contributed by atoms with Crippen LogP contribution in [0.25, 0.3) is 0 Å². The first-order valence-electron chi connectivity index (χ1n) is 6.62. The minimum Gasteiger partial charge on any atom is -0.480 e. The third-order valence-electron chi connectivity index (χ3n) is 3.06. The van der Waals surface area contributed by atoms with Gasteiger partial charge in [-0.25, -0.2) is 4.98 Å². The Hall–Kier alpha value is -2.84. The van der Waals surface area contributed by atoms with E-state index < -0.39 is 36.2 Å². The summed E-state index contributed by atoms with van der Waals surface area (Å²) in [5.41, 5.74) is -0.894. The van der Waals surface area contributed by atoms with Crippen LogP contribution in [0.4, 0.5) is 14.6 Å². The van der Waals surface area contributed by atoms with Gasteiger partial charge in [-0.3, -0.25) is 19.1 Å². The number of nitrogens with zero attached hydrogens (tertiary/aromatic N) is 3. The van der Waals surface area contributed by atoms with Crippen LogP contribution in [0.1, 0.15) is 11.4 Å². The zero-order chi connectivity index (χ0) is 17.0. The van der Waals surface area contributed by atoms with Crippen LogP contribution in [0.3, 0.4) is 0 Å². The van der Waals surface area contributed by atoms with E-state index in [-0.39, 0.29) is 5.82 Å². The monoisotopic (exact) mass is 324 g/mol. The number of aromatic nitrogens is 3. The summed E-state index contributed by atoms with van der Waals surface area (Å²) in [4.78, 5) is 30.2. The smallest absolute Gasteiger partial charge is 0.323 e. The molecule has 0 radical (unpaired) electrons. The second-order valence-corrected chi connectivity index (χ2v) is 4.81. The molecule has 0 aliphatic heterocycles. The lowest BCUT2D eigenvalue weighted by Gasteiger charge is -2.17. The Kier molecular flexibility index (Phi) is 4.68. The molecular formula is C14H14F2N4O3. The molecule has 7 nitrogen and oxygen atoms in total. The van der Waals surface area contributed by atoms with Gasteiger partial charge < -0.3 is 10.4 Å². The molecule has 0 saturated heterocycles. The highest BCUT2D eigenvalue weighted by molar-refractivity contribution is 5.66. The molecule has 0 saturated carbocycles. The molecule has 0 bridgehead atoms. The number of halogens is 2. The number of carbonyl (C=O) groups is 1. The summed E-state index contributed by atoms with van der Waals surface area (Å²) in [6.45, 7) is 0.0461. The Labute approximate surface area is 129 Å². The van der Waals surface area contributed by atoms with Gasteiger partial charge in [0.2, 0.25) is 0 Å². The number of rotatable bonds is 6. The van der Waals surface area contributed by atoms with Crippen LogP contribution in [0.15, 0.2) is 35.4 Å². The van der Waals surface area contributed by atoms with E-state index in [9.17, 15) is 18.4 Å². The highest BCUT2D eigenvalue weighted by Crippen LogP contribution is 2.25. The van der Waals surface area contributed by atoms with Crippen LogP contribution in [-0.4, -0.2) is 32.2 Å². The number of carboxylic acid groups (broad SMARTS) is 1. The molecule has 0 fully saturated rings. The molecule has 9 heteroatoms. The van der Waals surface area contributed by atoms with Gasteiger partial charge in [0.05, 0.1) is 6.54 Å². The van der Waals surface area contributed by atoms with Crippen LogP contribution in [0.2, 0.25) is 0 Å². The van der Waals surface area contributed by atoms with E-state index in [0.29, 0.717) is 5.69 Å². The van der Waals surface area contributed by atoms with Gasteiger partial charge in [-0.05, 0) is 19.1 Å². The first-order valence-corrected chi connectivity index (χ1v) is 6.62. The first-order chi connectivity index (χ1) is 10.8. The van der Waals surface area contributed by atoms with Crippen molar-refractivity contribution in [3.05, 3.63) is 52.3 Å². The van der Waals surface area contributed by atoms with E-state index in [1.54, 1.807) is 0 Å². The topological polar surface area (TPSA) is 97.1 Å². The summed E-state index contributed by atoms with van der Waals surface area (Å²) in [7, 11) is 0. The van der Waals surface area contributed by atoms with Crippen molar-refractivity contribution in [1.82, 2.24) is 14.5 Å². The SMILES string of the molecule is Cc1cnc(NCC(F)(F)c2ccccn2)c(=O)n1CC(=O)O. The van der Waals surface area contributed by atoms with Crippen molar-refractivity contribution in [3.8, 4) is 0 Å². The molecule has 122 valence electrons. The minimum atomic E-state index is -3.31. The van der Waals surface area contributed by atoms with E-state index in [2.05, 4.69) is 15.3 Å². The average Bonchev–Trinajstić information content (AvgIpc) is 2.51. The van der Waals surface area contributed by atoms with E-state index in [1.807, 2.05) is 0 Å². The molecule has 0 unspecified atom stereocenters. The van der Waals surface area contributed by atoms with Crippen molar-refractivity contribution in [3.63, 3.8) is 0 Å². The molecule has 2 aromatic heterocycles. The zero-order valence-corrected chi connectivity index (χ0v) is 12.2. The van der Waals surface area contributed by atoms with Gasteiger partial charge in [0.1, 0.15) is 12.2 Å². The maximum absolute atomic E-state index is 14.0. The van der Waals surface area contributed by atoms with Crippen molar-refractivity contribution < 1.29 is 18.7 Å². The van der Waals surface area contributed by atoms with Crippen LogP contribution in [0.5, 0.6) is 0 Å². The fourth-order valence-electron chi connectivity index (χ4n) is 1.89. The molecule has 0 aliphatic carbocycles. The molecule has 0 spiro atoms. The number of pyridine rings is 1. The number of anilines is 1. The van der Waals surface area contributed by atoms with Crippen molar-refractivity contribution in [2.75, 3.05) is 11.9 Å². The van der Waals surface area contributed by atoms with Crippen molar-refractivity contribution in [2.45, 2.75) is 19.4 Å². The molecular weight excluding hydrogens is 310 g/mol. The maximum atomic E-state index is 14.0. The van der Waals surface area contributed by atoms with Crippen LogP contribution in [0, 0.1) is 6.92 Å². The second-order valence-electron chi connectivity index (χ2n) is 4.81. The number of hydrogen-bond acceptors (Lipinski definition) is 5. The molecule has 23 heavy (non-hydrogen) atoms. The van der Waals surface area contributed by atoms with Crippen LogP contribution in [-0.2, 0) is 17.3 Å². The summed E-state index contributed by atoms with van der Waals surface area (Å²) in [6, 6.07) is 4.12. The number of hydrogen-bond donors (Lipinski definition) is 2. The first kappa shape index (κ1) is 16.5. The van der Waals surface area contributed by atoms with Gasteiger partial charge in [0.25, 0.3) is 5.56 Å². The Morgan fingerprint density at radius 1 is 1.39 bits per heavy atom. The lowest BCUT2D eigenvalue weighted by Crippen LogP contribution is -2.33. The predicted molar refractivity (Wildman–Crippen MR) is 77.5 cm³/mol. The Morgan fingerprint density at radius 2 is 2.13 bits per heavy atom. The third kappa shape index (κ3) is 3.87. The fraction of sp³-hybridized carbons (Fsp3) is 0.286. The highest BCUT2D eigenvalue weighted by atomic mass is 19.3. The van der Waals surface area contributed by atoms with Crippen molar-refractivity contribution >= 4 is 11.8 Å². The fourth-order valence-corrected chi connectivity index (χ4v) is 1.89. The van der Waals surface area contributed by atoms with Crippen molar-refractivity contribution in [1.29, 1.82) is 0 Å². The van der Waals surface area contributed by atoms with Gasteiger partial charge in [-0.1, -0.05) is 6.07 Å². The third-order valence-corrected chi connectivity index (χ3v) is 3.06. The lowest BCUT2D eigenvalue weighted by atomic mass is 10.2. The van der Waals surface area contributed by atoms with Gasteiger partial charge in [0, 0.05) is 18.1 Å². The Balaban J connectivity index is 2.21. The number of carboxylic acids is 1. The van der Waals surface area contributed by atoms with Crippen LogP contribution < -0.4 is 10.9 Å². The van der Waals surface area contributed by atoms with E-state index in [0.717, 1.165) is 4.57 Å². The number of nitrogens with one attached hydrogen (secondary N) is 1. The Morgan fingerprint density at radius 3 is 2.74 bits per heavy atom. The zero-order valence-electron chi connectivity index (χ0n) is 12.2. The van der Waals surface area contributed by atoms with Crippen molar-refractivity contribution in [2.24, 2.45) is 0 Å². The molecule has 0 aliphatic rings. The standard InChI is InChI=1S/C14H14F2N4O3/c1-9-6-18-12(13(23)20(9)7-11(21)22)19-8-14(15,16)10-4-2-3-5-17-10/h2-6H,7-8H2,1H3,(H,18,19)(H,21,22). The largest absolute Gasteiger partial charge is 0.480 e. The molecule has 2 rings (SSSR count). The maximum Gasteiger partial charge on any atom is 0.323 e. The summed E-state index contributed by atoms with van der Waals surface area (Å²) in [6.07, 6.45) is 2.48. The lowest BCUT2D eigenvalue weighted by molar-refractivity contribution is -0.137. The van der Waals surface area contributed by atoms with E-state index >= 15 is 0 Å². The Bertz CT molecular complexity index is 762. The normalized spacial score (nSPS) is 11.3. The molecule has 0 aromatic carbocycles. The summed E-state index contributed by atoms with van der Waals surface area (Å²) in [5.74, 6) is -4.86. The highest BCUT2D eigenvalue weighted by Gasteiger charge is 2.33. The summed E-state index contributed by atoms with van der Waals surface area (Å²) >= 11 is 0. The number of aliphatic carboxylic acids is 1. The average molecular weight is 324 g/mol. The van der Waals surface area contributed by atoms with Gasteiger partial charge in [-0.2, -0.15) is 8.78 Å². The summed E-state index contributed by atoms with van der Waals surface area (Å²) in [5, 5.41) is 11.1. The van der Waals surface area contributed by atoms with E-state index in [4.69, 9.17) is 5.11 Å². The second kappa shape index (κ2) is 6.51. The molecule has 2 aromatic rings. The number of aryl methyl sites for hydroxylation is 1. The van der Waals surface area contributed by atoms with Gasteiger partial charge >= 0.3 is 11.9 Å². The predicted octanol–water partition coefficient (Wildman–Crippen LogP) is 1.24. The van der Waals surface area contributed by atoms with Crippen LogP contribution >= 0.6 is 0 Å².